The van der Waals surface area contributed by atoms with Crippen molar-refractivity contribution in [1.82, 2.24) is 0 Å². The van der Waals surface area contributed by atoms with Crippen molar-refractivity contribution in [1.29, 1.82) is 0 Å². The van der Waals surface area contributed by atoms with Crippen LogP contribution < -0.4 is 0 Å². The molecule has 0 aliphatic carbocycles. The molecule has 0 amide bonds. The number of hydrogen-bond donors (Lipinski definition) is 2. The van der Waals surface area contributed by atoms with E-state index >= 15 is 0 Å². The summed E-state index contributed by atoms with van der Waals surface area (Å²) in [6, 6.07) is 0. The van der Waals surface area contributed by atoms with Crippen LogP contribution in [0.1, 0.15) is 6.92 Å². The fourth-order valence-corrected chi connectivity index (χ4v) is 0.435. The topological polar surface area (TPSA) is 58.9 Å². The van der Waals surface area contributed by atoms with Gasteiger partial charge in [0.05, 0.1) is 12.7 Å². The van der Waals surface area contributed by atoms with Gasteiger partial charge in [-0.3, -0.25) is 0 Å². The normalized spacial score (nSPS) is 16.8. The van der Waals surface area contributed by atoms with Gasteiger partial charge in [-0.15, -0.1) is 0 Å². The second kappa shape index (κ2) is 5.61. The lowest BCUT2D eigenvalue weighted by molar-refractivity contribution is -0.113. The maximum absolute atomic E-state index is 8.92. The molecule has 0 rings (SSSR count). The Morgan fingerprint density at radius 2 is 2.10 bits per heavy atom. The maximum atomic E-state index is 8.92. The first-order chi connectivity index (χ1) is 4.72. The van der Waals surface area contributed by atoms with E-state index in [2.05, 4.69) is 4.74 Å². The van der Waals surface area contributed by atoms with Crippen LogP contribution in [0.5, 0.6) is 0 Å². The smallest absolute Gasteiger partial charge is 0.146 e. The lowest BCUT2D eigenvalue weighted by Crippen LogP contribution is -2.29. The van der Waals surface area contributed by atoms with Crippen molar-refractivity contribution in [3.63, 3.8) is 0 Å². The van der Waals surface area contributed by atoms with Gasteiger partial charge in [-0.1, -0.05) is 0 Å². The monoisotopic (exact) mass is 150 g/mol. The van der Waals surface area contributed by atoms with Gasteiger partial charge in [0, 0.05) is 7.11 Å². The van der Waals surface area contributed by atoms with Gasteiger partial charge < -0.3 is 19.7 Å². The number of aliphatic hydroxyl groups is 2. The predicted molar refractivity (Wildman–Crippen MR) is 35.5 cm³/mol. The van der Waals surface area contributed by atoms with E-state index in [4.69, 9.17) is 14.9 Å². The molecule has 62 valence electrons. The molecule has 0 saturated carbocycles. The molecular formula is C6H14O4. The molecule has 0 aliphatic rings. The van der Waals surface area contributed by atoms with Crippen LogP contribution in [0.25, 0.3) is 0 Å². The molecule has 0 heterocycles. The highest BCUT2D eigenvalue weighted by atomic mass is 16.7. The SMILES string of the molecule is COCOC(C)C(O)CO. The molecular weight excluding hydrogens is 136 g/mol. The lowest BCUT2D eigenvalue weighted by atomic mass is 10.2. The molecule has 0 fully saturated rings. The van der Waals surface area contributed by atoms with Crippen molar-refractivity contribution in [2.24, 2.45) is 0 Å². The van der Waals surface area contributed by atoms with Crippen LogP contribution in [-0.4, -0.2) is 42.9 Å². The minimum absolute atomic E-state index is 0.137. The van der Waals surface area contributed by atoms with Crippen molar-refractivity contribution in [2.45, 2.75) is 19.1 Å². The Kier molecular flexibility index (Phi) is 5.52. The number of ether oxygens (including phenoxy) is 2. The van der Waals surface area contributed by atoms with Gasteiger partial charge in [0.25, 0.3) is 0 Å². The average molecular weight is 150 g/mol. The number of aliphatic hydroxyl groups excluding tert-OH is 2. The second-order valence-corrected chi connectivity index (χ2v) is 2.03. The summed E-state index contributed by atoms with van der Waals surface area (Å²) in [5.41, 5.74) is 0. The average Bonchev–Trinajstić information content (AvgIpc) is 1.98. The molecule has 0 spiro atoms. The zero-order chi connectivity index (χ0) is 7.98. The van der Waals surface area contributed by atoms with Crippen LogP contribution in [0.15, 0.2) is 0 Å². The van der Waals surface area contributed by atoms with Gasteiger partial charge in [-0.2, -0.15) is 0 Å². The third-order valence-corrected chi connectivity index (χ3v) is 1.18. The van der Waals surface area contributed by atoms with E-state index in [1.54, 1.807) is 6.92 Å². The highest BCUT2D eigenvalue weighted by Crippen LogP contribution is 1.96. The van der Waals surface area contributed by atoms with Gasteiger partial charge >= 0.3 is 0 Å². The van der Waals surface area contributed by atoms with E-state index in [0.29, 0.717) is 0 Å². The second-order valence-electron chi connectivity index (χ2n) is 2.03. The van der Waals surface area contributed by atoms with Gasteiger partial charge in [-0.25, -0.2) is 0 Å². The molecule has 10 heavy (non-hydrogen) atoms. The minimum atomic E-state index is -0.824. The maximum Gasteiger partial charge on any atom is 0.146 e. The highest BCUT2D eigenvalue weighted by molar-refractivity contribution is 4.60. The third kappa shape index (κ3) is 3.79. The molecule has 2 unspecified atom stereocenters. The molecule has 0 aromatic carbocycles. The van der Waals surface area contributed by atoms with E-state index < -0.39 is 6.10 Å². The van der Waals surface area contributed by atoms with Crippen LogP contribution in [0.4, 0.5) is 0 Å². The molecule has 4 heteroatoms. The number of methoxy groups -OCH3 is 1. The summed E-state index contributed by atoms with van der Waals surface area (Å²) in [6.07, 6.45) is -1.21. The Bertz CT molecular complexity index is 76.1. The Morgan fingerprint density at radius 3 is 2.50 bits per heavy atom. The lowest BCUT2D eigenvalue weighted by Gasteiger charge is -2.16. The standard InChI is InChI=1S/C6H14O4/c1-5(6(8)3-7)10-4-9-2/h5-8H,3-4H2,1-2H3. The summed E-state index contributed by atoms with van der Waals surface area (Å²) in [7, 11) is 1.50. The molecule has 0 saturated heterocycles. The molecule has 0 bridgehead atoms. The molecule has 2 atom stereocenters. The van der Waals surface area contributed by atoms with Crippen LogP contribution in [-0.2, 0) is 9.47 Å². The van der Waals surface area contributed by atoms with Crippen LogP contribution >= 0.6 is 0 Å². The zero-order valence-corrected chi connectivity index (χ0v) is 6.28. The van der Waals surface area contributed by atoms with Crippen molar-refractivity contribution in [3.05, 3.63) is 0 Å². The molecule has 0 aromatic heterocycles. The summed E-state index contributed by atoms with van der Waals surface area (Å²) in [4.78, 5) is 0. The van der Waals surface area contributed by atoms with Crippen molar-refractivity contribution < 1.29 is 19.7 Å². The minimum Gasteiger partial charge on any atom is -0.394 e. The van der Waals surface area contributed by atoms with Crippen molar-refractivity contribution in [3.8, 4) is 0 Å². The van der Waals surface area contributed by atoms with Crippen molar-refractivity contribution >= 4 is 0 Å². The van der Waals surface area contributed by atoms with Gasteiger partial charge in [0.1, 0.15) is 12.9 Å². The van der Waals surface area contributed by atoms with Crippen LogP contribution in [0.2, 0.25) is 0 Å². The fraction of sp³-hybridized carbons (Fsp3) is 1.00. The van der Waals surface area contributed by atoms with E-state index in [0.717, 1.165) is 0 Å². The molecule has 2 N–H and O–H groups in total. The molecule has 0 radical (unpaired) electrons. The van der Waals surface area contributed by atoms with Gasteiger partial charge in [0.2, 0.25) is 0 Å². The molecule has 0 aliphatic heterocycles. The Hall–Kier alpha value is -0.160. The van der Waals surface area contributed by atoms with Gasteiger partial charge in [0.15, 0.2) is 0 Å². The molecule has 0 aromatic rings. The number of hydrogen-bond acceptors (Lipinski definition) is 4. The summed E-state index contributed by atoms with van der Waals surface area (Å²) in [5, 5.41) is 17.4. The quantitative estimate of drug-likeness (QED) is 0.511. The van der Waals surface area contributed by atoms with E-state index in [1.165, 1.54) is 7.11 Å². The first kappa shape index (κ1) is 9.84. The van der Waals surface area contributed by atoms with Crippen molar-refractivity contribution in [2.75, 3.05) is 20.5 Å². The first-order valence-corrected chi connectivity index (χ1v) is 3.11. The fourth-order valence-electron chi connectivity index (χ4n) is 0.435. The highest BCUT2D eigenvalue weighted by Gasteiger charge is 2.12. The third-order valence-electron chi connectivity index (χ3n) is 1.18. The Balaban J connectivity index is 3.31. The largest absolute Gasteiger partial charge is 0.394 e. The van der Waals surface area contributed by atoms with Crippen LogP contribution in [0, 0.1) is 0 Å². The molecule has 4 nitrogen and oxygen atoms in total. The van der Waals surface area contributed by atoms with E-state index in [-0.39, 0.29) is 19.5 Å². The first-order valence-electron chi connectivity index (χ1n) is 3.11. The van der Waals surface area contributed by atoms with E-state index in [1.807, 2.05) is 0 Å². The summed E-state index contributed by atoms with van der Waals surface area (Å²) >= 11 is 0. The van der Waals surface area contributed by atoms with Crippen LogP contribution in [0.3, 0.4) is 0 Å². The zero-order valence-electron chi connectivity index (χ0n) is 6.28. The summed E-state index contributed by atoms with van der Waals surface area (Å²) in [6.45, 7) is 1.52. The summed E-state index contributed by atoms with van der Waals surface area (Å²) < 4.78 is 9.50. The number of rotatable bonds is 5. The van der Waals surface area contributed by atoms with E-state index in [9.17, 15) is 0 Å². The van der Waals surface area contributed by atoms with Gasteiger partial charge in [-0.05, 0) is 6.92 Å². The predicted octanol–water partition coefficient (Wildman–Crippen LogP) is -0.651. The Morgan fingerprint density at radius 1 is 1.50 bits per heavy atom. The Labute approximate surface area is 60.4 Å². The summed E-state index contributed by atoms with van der Waals surface area (Å²) in [5.74, 6) is 0.